The normalized spacial score (nSPS) is 8.25. The first-order valence-electron chi connectivity index (χ1n) is 3.87. The van der Waals surface area contributed by atoms with Crippen LogP contribution in [0.2, 0.25) is 0 Å². The molecule has 0 atom stereocenters. The number of phenols is 1. The van der Waals surface area contributed by atoms with Crippen molar-refractivity contribution in [2.75, 3.05) is 12.8 Å². The fourth-order valence-electron chi connectivity index (χ4n) is 0.710. The van der Waals surface area contributed by atoms with E-state index < -0.39 is 0 Å². The van der Waals surface area contributed by atoms with Crippen LogP contribution in [0.5, 0.6) is 11.5 Å². The van der Waals surface area contributed by atoms with Crippen molar-refractivity contribution >= 4 is 5.69 Å². The lowest BCUT2D eigenvalue weighted by molar-refractivity contribution is 0.411. The molecule has 0 fully saturated rings. The summed E-state index contributed by atoms with van der Waals surface area (Å²) in [4.78, 5) is 0. The van der Waals surface area contributed by atoms with Gasteiger partial charge in [0, 0.05) is 0 Å². The SMILES string of the molecule is CC.COc1cccc(O)c1N. The number of aromatic hydroxyl groups is 1. The summed E-state index contributed by atoms with van der Waals surface area (Å²) in [6, 6.07) is 4.87. The van der Waals surface area contributed by atoms with Gasteiger partial charge in [-0.25, -0.2) is 0 Å². The van der Waals surface area contributed by atoms with Crippen molar-refractivity contribution < 1.29 is 9.84 Å². The maximum Gasteiger partial charge on any atom is 0.145 e. The van der Waals surface area contributed by atoms with E-state index in [4.69, 9.17) is 15.6 Å². The third-order valence-electron chi connectivity index (χ3n) is 1.26. The summed E-state index contributed by atoms with van der Waals surface area (Å²) in [5.74, 6) is 0.555. The third-order valence-corrected chi connectivity index (χ3v) is 1.26. The highest BCUT2D eigenvalue weighted by molar-refractivity contribution is 5.61. The maximum atomic E-state index is 9.03. The lowest BCUT2D eigenvalue weighted by atomic mass is 10.3. The Morgan fingerprint density at radius 1 is 1.33 bits per heavy atom. The summed E-state index contributed by atoms with van der Waals surface area (Å²) in [6.45, 7) is 4.00. The van der Waals surface area contributed by atoms with Gasteiger partial charge >= 0.3 is 0 Å². The highest BCUT2D eigenvalue weighted by Gasteiger charge is 2.00. The second-order valence-corrected chi connectivity index (χ2v) is 1.89. The molecule has 0 bridgehead atoms. The second kappa shape index (κ2) is 5.29. The van der Waals surface area contributed by atoms with E-state index in [0.29, 0.717) is 5.75 Å². The highest BCUT2D eigenvalue weighted by Crippen LogP contribution is 2.29. The van der Waals surface area contributed by atoms with E-state index in [1.165, 1.54) is 13.2 Å². The Morgan fingerprint density at radius 3 is 2.33 bits per heavy atom. The average molecular weight is 169 g/mol. The van der Waals surface area contributed by atoms with E-state index >= 15 is 0 Å². The Labute approximate surface area is 72.8 Å². The van der Waals surface area contributed by atoms with Gasteiger partial charge in [-0.05, 0) is 12.1 Å². The molecule has 0 aliphatic carbocycles. The molecule has 0 radical (unpaired) electrons. The minimum Gasteiger partial charge on any atom is -0.506 e. The number of ether oxygens (including phenoxy) is 1. The zero-order valence-electron chi connectivity index (χ0n) is 7.66. The monoisotopic (exact) mass is 169 g/mol. The van der Waals surface area contributed by atoms with Crippen LogP contribution in [0, 0.1) is 0 Å². The first-order valence-corrected chi connectivity index (χ1v) is 3.87. The van der Waals surface area contributed by atoms with Crippen molar-refractivity contribution in [2.45, 2.75) is 13.8 Å². The zero-order valence-corrected chi connectivity index (χ0v) is 7.66. The van der Waals surface area contributed by atoms with E-state index in [2.05, 4.69) is 0 Å². The molecule has 3 heteroatoms. The van der Waals surface area contributed by atoms with Crippen LogP contribution in [0.3, 0.4) is 0 Å². The summed E-state index contributed by atoms with van der Waals surface area (Å²) in [6.07, 6.45) is 0. The molecule has 1 aromatic rings. The molecule has 0 unspecified atom stereocenters. The van der Waals surface area contributed by atoms with Crippen molar-refractivity contribution in [1.29, 1.82) is 0 Å². The average Bonchev–Trinajstić information content (AvgIpc) is 2.13. The Hall–Kier alpha value is -1.38. The quantitative estimate of drug-likeness (QED) is 0.499. The van der Waals surface area contributed by atoms with Crippen molar-refractivity contribution in [3.8, 4) is 11.5 Å². The topological polar surface area (TPSA) is 55.5 Å². The predicted molar refractivity (Wildman–Crippen MR) is 50.4 cm³/mol. The summed E-state index contributed by atoms with van der Waals surface area (Å²) in [5, 5.41) is 9.03. The number of methoxy groups -OCH3 is 1. The van der Waals surface area contributed by atoms with Crippen LogP contribution in [0.1, 0.15) is 13.8 Å². The number of nitrogen functional groups attached to an aromatic ring is 1. The van der Waals surface area contributed by atoms with Crippen molar-refractivity contribution in [3.63, 3.8) is 0 Å². The van der Waals surface area contributed by atoms with Crippen molar-refractivity contribution in [2.24, 2.45) is 0 Å². The van der Waals surface area contributed by atoms with Crippen LogP contribution < -0.4 is 10.5 Å². The molecule has 0 aliphatic rings. The van der Waals surface area contributed by atoms with Gasteiger partial charge in [-0.2, -0.15) is 0 Å². The van der Waals surface area contributed by atoms with Gasteiger partial charge in [0.15, 0.2) is 0 Å². The van der Waals surface area contributed by atoms with Crippen LogP contribution >= 0.6 is 0 Å². The van der Waals surface area contributed by atoms with E-state index in [9.17, 15) is 0 Å². The molecule has 0 heterocycles. The lowest BCUT2D eigenvalue weighted by Crippen LogP contribution is -1.91. The molecule has 0 aromatic heterocycles. The molecule has 0 amide bonds. The van der Waals surface area contributed by atoms with Crippen LogP contribution in [0.15, 0.2) is 18.2 Å². The lowest BCUT2D eigenvalue weighted by Gasteiger charge is -2.03. The maximum absolute atomic E-state index is 9.03. The van der Waals surface area contributed by atoms with Crippen molar-refractivity contribution in [3.05, 3.63) is 18.2 Å². The molecular weight excluding hydrogens is 154 g/mol. The molecule has 1 aromatic carbocycles. The molecule has 3 N–H and O–H groups in total. The smallest absolute Gasteiger partial charge is 0.145 e. The van der Waals surface area contributed by atoms with Crippen LogP contribution in [0.25, 0.3) is 0 Å². The number of para-hydroxylation sites is 1. The van der Waals surface area contributed by atoms with Gasteiger partial charge in [-0.15, -0.1) is 0 Å². The fourth-order valence-corrected chi connectivity index (χ4v) is 0.710. The van der Waals surface area contributed by atoms with Crippen LogP contribution in [0.4, 0.5) is 5.69 Å². The third kappa shape index (κ3) is 2.34. The summed E-state index contributed by atoms with van der Waals surface area (Å²) in [7, 11) is 1.51. The molecule has 0 saturated carbocycles. The first kappa shape index (κ1) is 10.6. The number of hydrogen-bond donors (Lipinski definition) is 2. The largest absolute Gasteiger partial charge is 0.506 e. The second-order valence-electron chi connectivity index (χ2n) is 1.89. The summed E-state index contributed by atoms with van der Waals surface area (Å²) >= 11 is 0. The Morgan fingerprint density at radius 2 is 1.92 bits per heavy atom. The molecule has 12 heavy (non-hydrogen) atoms. The van der Waals surface area contributed by atoms with Crippen molar-refractivity contribution in [1.82, 2.24) is 0 Å². The van der Waals surface area contributed by atoms with Gasteiger partial charge in [-0.1, -0.05) is 19.9 Å². The van der Waals surface area contributed by atoms with E-state index in [-0.39, 0.29) is 11.4 Å². The molecule has 1 rings (SSSR count). The molecule has 0 saturated heterocycles. The van der Waals surface area contributed by atoms with Gasteiger partial charge in [0.25, 0.3) is 0 Å². The van der Waals surface area contributed by atoms with Crippen LogP contribution in [-0.4, -0.2) is 12.2 Å². The fraction of sp³-hybridized carbons (Fsp3) is 0.333. The Kier molecular flexibility index (Phi) is 4.69. The molecule has 68 valence electrons. The first-order chi connectivity index (χ1) is 5.75. The number of hydrogen-bond acceptors (Lipinski definition) is 3. The van der Waals surface area contributed by atoms with E-state index in [0.717, 1.165) is 0 Å². The Balaban J connectivity index is 0.000000561. The standard InChI is InChI=1S/C7H9NO2.C2H6/c1-10-6-4-2-3-5(9)7(6)8;1-2/h2-4,9H,8H2,1H3;1-2H3. The number of nitrogens with two attached hydrogens (primary N) is 1. The van der Waals surface area contributed by atoms with E-state index in [1.807, 2.05) is 13.8 Å². The summed E-state index contributed by atoms with van der Waals surface area (Å²) in [5.41, 5.74) is 5.70. The predicted octanol–water partition coefficient (Wildman–Crippen LogP) is 2.01. The minimum atomic E-state index is 0.0550. The molecule has 0 aliphatic heterocycles. The number of benzene rings is 1. The molecule has 0 spiro atoms. The number of rotatable bonds is 1. The minimum absolute atomic E-state index is 0.0550. The molecule has 3 nitrogen and oxygen atoms in total. The van der Waals surface area contributed by atoms with E-state index in [1.54, 1.807) is 12.1 Å². The van der Waals surface area contributed by atoms with Gasteiger partial charge in [-0.3, -0.25) is 0 Å². The highest BCUT2D eigenvalue weighted by atomic mass is 16.5. The number of phenolic OH excluding ortho intramolecular Hbond substituents is 1. The van der Waals surface area contributed by atoms with Gasteiger partial charge in [0.05, 0.1) is 7.11 Å². The number of anilines is 1. The van der Waals surface area contributed by atoms with Crippen LogP contribution in [-0.2, 0) is 0 Å². The van der Waals surface area contributed by atoms with Gasteiger partial charge < -0.3 is 15.6 Å². The van der Waals surface area contributed by atoms with Gasteiger partial charge in [0.2, 0.25) is 0 Å². The van der Waals surface area contributed by atoms with Gasteiger partial charge in [0.1, 0.15) is 17.2 Å². The zero-order chi connectivity index (χ0) is 9.56. The Bertz CT molecular complexity index is 236. The summed E-state index contributed by atoms with van der Waals surface area (Å²) < 4.78 is 4.84. The molecular formula is C9H15NO2.